The van der Waals surface area contributed by atoms with Gasteiger partial charge in [-0.15, -0.1) is 0 Å². The van der Waals surface area contributed by atoms with Gasteiger partial charge in [0.05, 0.1) is 26.3 Å². The standard InChI is InChI=1S/C16H17N5O4/c1-24-12-5-3-10(4-6-12)9-17-15-19-16-18-11(8-14(23)25-2)7-13(22)21(16)20-15/h3-7H,8-9H2,1-2H3,(H2,17,18,19,20). The zero-order chi connectivity index (χ0) is 17.8. The second kappa shape index (κ2) is 7.04. The molecule has 0 amide bonds. The lowest BCUT2D eigenvalue weighted by atomic mass is 10.2. The first-order chi connectivity index (χ1) is 12.1. The van der Waals surface area contributed by atoms with E-state index in [1.165, 1.54) is 17.7 Å². The highest BCUT2D eigenvalue weighted by molar-refractivity contribution is 5.71. The van der Waals surface area contributed by atoms with Crippen molar-refractivity contribution in [1.29, 1.82) is 0 Å². The van der Waals surface area contributed by atoms with Crippen LogP contribution in [-0.4, -0.2) is 39.8 Å². The van der Waals surface area contributed by atoms with Crippen LogP contribution in [0.4, 0.5) is 5.95 Å². The Bertz CT molecular complexity index is 945. The lowest BCUT2D eigenvalue weighted by molar-refractivity contribution is -0.139. The van der Waals surface area contributed by atoms with Gasteiger partial charge in [0.25, 0.3) is 11.3 Å². The van der Waals surface area contributed by atoms with E-state index < -0.39 is 5.97 Å². The first kappa shape index (κ1) is 16.5. The fraction of sp³-hybridized carbons (Fsp3) is 0.250. The SMILES string of the molecule is COC(=O)Cc1cc(=O)n2[nH]c(NCc3ccc(OC)cc3)nc2n1. The van der Waals surface area contributed by atoms with E-state index in [0.717, 1.165) is 11.3 Å². The predicted molar refractivity (Wildman–Crippen MR) is 89.6 cm³/mol. The molecule has 9 heteroatoms. The topological polar surface area (TPSA) is 111 Å². The van der Waals surface area contributed by atoms with Crippen LogP contribution in [0.1, 0.15) is 11.3 Å². The van der Waals surface area contributed by atoms with E-state index in [1.807, 2.05) is 24.3 Å². The number of H-pyrrole nitrogens is 1. The highest BCUT2D eigenvalue weighted by Gasteiger charge is 2.11. The summed E-state index contributed by atoms with van der Waals surface area (Å²) in [5.41, 5.74) is 0.979. The number of carbonyl (C=O) groups excluding carboxylic acids is 1. The number of aromatic nitrogens is 4. The Hall–Kier alpha value is -3.36. The largest absolute Gasteiger partial charge is 0.497 e. The number of anilines is 1. The molecular weight excluding hydrogens is 326 g/mol. The van der Waals surface area contributed by atoms with Crippen LogP contribution in [0.25, 0.3) is 5.78 Å². The molecule has 2 aromatic heterocycles. The van der Waals surface area contributed by atoms with E-state index in [-0.39, 0.29) is 17.8 Å². The summed E-state index contributed by atoms with van der Waals surface area (Å²) in [5.74, 6) is 0.894. The quantitative estimate of drug-likeness (QED) is 0.636. The molecule has 9 nitrogen and oxygen atoms in total. The second-order valence-electron chi connectivity index (χ2n) is 5.25. The Morgan fingerprint density at radius 2 is 2.00 bits per heavy atom. The average Bonchev–Trinajstić information content (AvgIpc) is 3.04. The summed E-state index contributed by atoms with van der Waals surface area (Å²) < 4.78 is 10.9. The van der Waals surface area contributed by atoms with Gasteiger partial charge in [0.15, 0.2) is 0 Å². The molecule has 0 saturated carbocycles. The summed E-state index contributed by atoms with van der Waals surface area (Å²) in [7, 11) is 2.89. The van der Waals surface area contributed by atoms with Gasteiger partial charge in [-0.3, -0.25) is 14.7 Å². The Labute approximate surface area is 142 Å². The molecule has 0 unspecified atom stereocenters. The van der Waals surface area contributed by atoms with Crippen molar-refractivity contribution in [2.24, 2.45) is 0 Å². The fourth-order valence-corrected chi connectivity index (χ4v) is 2.25. The number of rotatable bonds is 6. The Morgan fingerprint density at radius 3 is 2.68 bits per heavy atom. The minimum absolute atomic E-state index is 0.0797. The van der Waals surface area contributed by atoms with Gasteiger partial charge in [-0.05, 0) is 17.7 Å². The van der Waals surface area contributed by atoms with Gasteiger partial charge >= 0.3 is 5.97 Å². The maximum Gasteiger partial charge on any atom is 0.311 e. The second-order valence-corrected chi connectivity index (χ2v) is 5.25. The number of hydrogen-bond donors (Lipinski definition) is 2. The van der Waals surface area contributed by atoms with Crippen molar-refractivity contribution in [3.63, 3.8) is 0 Å². The summed E-state index contributed by atoms with van der Waals surface area (Å²) in [6, 6.07) is 8.84. The van der Waals surface area contributed by atoms with Gasteiger partial charge in [0, 0.05) is 12.6 Å². The maximum absolute atomic E-state index is 12.1. The highest BCUT2D eigenvalue weighted by Crippen LogP contribution is 2.12. The molecule has 0 aliphatic rings. The van der Waals surface area contributed by atoms with Gasteiger partial charge in [-0.1, -0.05) is 12.1 Å². The minimum Gasteiger partial charge on any atom is -0.497 e. The first-order valence-electron chi connectivity index (χ1n) is 7.51. The number of esters is 1. The average molecular weight is 343 g/mol. The van der Waals surface area contributed by atoms with Crippen LogP contribution in [0.5, 0.6) is 5.75 Å². The van der Waals surface area contributed by atoms with Crippen molar-refractivity contribution < 1.29 is 14.3 Å². The zero-order valence-electron chi connectivity index (χ0n) is 13.8. The third-order valence-corrected chi connectivity index (χ3v) is 3.56. The van der Waals surface area contributed by atoms with Gasteiger partial charge < -0.3 is 14.8 Å². The number of fused-ring (bicyclic) bond motifs is 1. The van der Waals surface area contributed by atoms with Crippen molar-refractivity contribution in [1.82, 2.24) is 19.6 Å². The molecule has 3 aromatic rings. The summed E-state index contributed by atoms with van der Waals surface area (Å²) in [6.45, 7) is 0.508. The highest BCUT2D eigenvalue weighted by atomic mass is 16.5. The Morgan fingerprint density at radius 1 is 1.24 bits per heavy atom. The molecule has 2 heterocycles. The maximum atomic E-state index is 12.1. The molecule has 0 aliphatic carbocycles. The lowest BCUT2D eigenvalue weighted by Crippen LogP contribution is -2.17. The molecule has 0 aliphatic heterocycles. The van der Waals surface area contributed by atoms with E-state index in [1.54, 1.807) is 7.11 Å². The van der Waals surface area contributed by atoms with Crippen LogP contribution >= 0.6 is 0 Å². The summed E-state index contributed by atoms with van der Waals surface area (Å²) in [4.78, 5) is 31.8. The van der Waals surface area contributed by atoms with Crippen molar-refractivity contribution in [2.75, 3.05) is 19.5 Å². The smallest absolute Gasteiger partial charge is 0.311 e. The van der Waals surface area contributed by atoms with Crippen molar-refractivity contribution in [3.8, 4) is 5.75 Å². The van der Waals surface area contributed by atoms with E-state index in [4.69, 9.17) is 4.74 Å². The fourth-order valence-electron chi connectivity index (χ4n) is 2.25. The third kappa shape index (κ3) is 3.77. The Balaban J connectivity index is 1.77. The van der Waals surface area contributed by atoms with E-state index in [9.17, 15) is 9.59 Å². The number of benzene rings is 1. The van der Waals surface area contributed by atoms with Crippen LogP contribution in [0.15, 0.2) is 35.1 Å². The molecule has 130 valence electrons. The van der Waals surface area contributed by atoms with Crippen LogP contribution in [-0.2, 0) is 22.5 Å². The molecule has 1 aromatic carbocycles. The number of methoxy groups -OCH3 is 2. The van der Waals surface area contributed by atoms with Gasteiger partial charge in [0.1, 0.15) is 5.75 Å². The summed E-state index contributed by atoms with van der Waals surface area (Å²) in [5, 5.41) is 5.92. The van der Waals surface area contributed by atoms with E-state index >= 15 is 0 Å². The van der Waals surface area contributed by atoms with Crippen LogP contribution in [0, 0.1) is 0 Å². The third-order valence-electron chi connectivity index (χ3n) is 3.56. The molecule has 0 spiro atoms. The monoisotopic (exact) mass is 343 g/mol. The number of carbonyl (C=O) groups is 1. The number of nitrogens with one attached hydrogen (secondary N) is 2. The Kier molecular flexibility index (Phi) is 4.64. The molecule has 3 rings (SSSR count). The molecule has 0 radical (unpaired) electrons. The van der Waals surface area contributed by atoms with E-state index in [0.29, 0.717) is 18.2 Å². The van der Waals surface area contributed by atoms with Gasteiger partial charge in [0.2, 0.25) is 5.95 Å². The van der Waals surface area contributed by atoms with Crippen molar-refractivity contribution >= 4 is 17.7 Å². The van der Waals surface area contributed by atoms with Gasteiger partial charge in [-0.25, -0.2) is 4.98 Å². The minimum atomic E-state index is -0.468. The van der Waals surface area contributed by atoms with Gasteiger partial charge in [-0.2, -0.15) is 9.50 Å². The summed E-state index contributed by atoms with van der Waals surface area (Å²) in [6.07, 6.45) is -0.0797. The first-order valence-corrected chi connectivity index (χ1v) is 7.51. The zero-order valence-corrected chi connectivity index (χ0v) is 13.8. The molecular formula is C16H17N5O4. The van der Waals surface area contributed by atoms with Crippen molar-refractivity contribution in [3.05, 3.63) is 51.9 Å². The normalized spacial score (nSPS) is 10.6. The van der Waals surface area contributed by atoms with E-state index in [2.05, 4.69) is 25.1 Å². The molecule has 2 N–H and O–H groups in total. The molecule has 25 heavy (non-hydrogen) atoms. The predicted octanol–water partition coefficient (Wildman–Crippen LogP) is 0.754. The molecule has 0 saturated heterocycles. The number of nitrogens with zero attached hydrogens (tertiary/aromatic N) is 3. The van der Waals surface area contributed by atoms with Crippen LogP contribution < -0.4 is 15.6 Å². The number of ether oxygens (including phenoxy) is 2. The van der Waals surface area contributed by atoms with Crippen LogP contribution in [0.2, 0.25) is 0 Å². The summed E-state index contributed by atoms with van der Waals surface area (Å²) >= 11 is 0. The van der Waals surface area contributed by atoms with Crippen LogP contribution in [0.3, 0.4) is 0 Å². The lowest BCUT2D eigenvalue weighted by Gasteiger charge is -2.04. The number of hydrogen-bond acceptors (Lipinski definition) is 7. The molecule has 0 fully saturated rings. The number of aromatic amines is 1. The molecule has 0 atom stereocenters. The molecule has 0 bridgehead atoms. The van der Waals surface area contributed by atoms with Crippen molar-refractivity contribution in [2.45, 2.75) is 13.0 Å².